The molecule has 0 fully saturated rings. The lowest BCUT2D eigenvalue weighted by Gasteiger charge is -2.20. The lowest BCUT2D eigenvalue weighted by atomic mass is 10.1. The Morgan fingerprint density at radius 3 is 2.75 bits per heavy atom. The third-order valence-corrected chi connectivity index (χ3v) is 2.68. The molecular formula is C12H17N3O. The smallest absolute Gasteiger partial charge is 0.177 e. The maximum atomic E-state index is 5.38. The van der Waals surface area contributed by atoms with Gasteiger partial charge in [-0.1, -0.05) is 0 Å². The van der Waals surface area contributed by atoms with Crippen LogP contribution in [0.1, 0.15) is 25.4 Å². The number of H-pyrrole nitrogens is 1. The topological polar surface area (TPSA) is 50.8 Å². The van der Waals surface area contributed by atoms with Crippen LogP contribution in [0.2, 0.25) is 0 Å². The SMILES string of the molecule is COC(C)(C)Cc1nc2nc(C)ccc2[nH]1. The van der Waals surface area contributed by atoms with Crippen LogP contribution in [-0.4, -0.2) is 27.7 Å². The molecule has 0 amide bonds. The molecule has 0 atom stereocenters. The largest absolute Gasteiger partial charge is 0.378 e. The van der Waals surface area contributed by atoms with Crippen LogP contribution in [0.5, 0.6) is 0 Å². The van der Waals surface area contributed by atoms with Gasteiger partial charge in [0.25, 0.3) is 0 Å². The highest BCUT2D eigenvalue weighted by atomic mass is 16.5. The second-order valence-corrected chi connectivity index (χ2v) is 4.65. The number of nitrogens with zero attached hydrogens (tertiary/aromatic N) is 2. The number of pyridine rings is 1. The number of aryl methyl sites for hydroxylation is 1. The lowest BCUT2D eigenvalue weighted by Crippen LogP contribution is -2.26. The Kier molecular flexibility index (Phi) is 2.68. The Morgan fingerprint density at radius 2 is 2.06 bits per heavy atom. The maximum Gasteiger partial charge on any atom is 0.177 e. The second-order valence-electron chi connectivity index (χ2n) is 4.65. The summed E-state index contributed by atoms with van der Waals surface area (Å²) in [7, 11) is 1.71. The summed E-state index contributed by atoms with van der Waals surface area (Å²) in [5.41, 5.74) is 2.54. The number of aromatic amines is 1. The molecular weight excluding hydrogens is 202 g/mol. The minimum Gasteiger partial charge on any atom is -0.378 e. The summed E-state index contributed by atoms with van der Waals surface area (Å²) in [6.07, 6.45) is 0.749. The van der Waals surface area contributed by atoms with Gasteiger partial charge in [-0.2, -0.15) is 0 Å². The van der Waals surface area contributed by atoms with E-state index in [2.05, 4.69) is 15.0 Å². The summed E-state index contributed by atoms with van der Waals surface area (Å²) in [6, 6.07) is 3.99. The van der Waals surface area contributed by atoms with Gasteiger partial charge in [-0.05, 0) is 32.9 Å². The number of fused-ring (bicyclic) bond motifs is 1. The van der Waals surface area contributed by atoms with Crippen LogP contribution in [0.15, 0.2) is 12.1 Å². The van der Waals surface area contributed by atoms with Gasteiger partial charge in [0.15, 0.2) is 5.65 Å². The number of nitrogens with one attached hydrogen (secondary N) is 1. The first-order valence-electron chi connectivity index (χ1n) is 5.37. The third-order valence-electron chi connectivity index (χ3n) is 2.68. The predicted molar refractivity (Wildman–Crippen MR) is 63.4 cm³/mol. The molecule has 1 N–H and O–H groups in total. The lowest BCUT2D eigenvalue weighted by molar-refractivity contribution is 0.0218. The summed E-state index contributed by atoms with van der Waals surface area (Å²) in [5.74, 6) is 0.917. The second kappa shape index (κ2) is 3.87. The number of imidazole rings is 1. The standard InChI is InChI=1S/C12H17N3O/c1-8-5-6-9-11(13-8)15-10(14-9)7-12(2,3)16-4/h5-6H,7H2,1-4H3,(H,13,14,15). The Hall–Kier alpha value is -1.42. The molecule has 2 aromatic rings. The van der Waals surface area contributed by atoms with Gasteiger partial charge in [-0.25, -0.2) is 9.97 Å². The number of aromatic nitrogens is 3. The normalized spacial score (nSPS) is 12.2. The molecule has 0 aliphatic heterocycles. The van der Waals surface area contributed by atoms with E-state index in [1.807, 2.05) is 32.9 Å². The van der Waals surface area contributed by atoms with E-state index < -0.39 is 0 Å². The molecule has 0 spiro atoms. The molecule has 0 saturated heterocycles. The fraction of sp³-hybridized carbons (Fsp3) is 0.500. The van der Waals surface area contributed by atoms with E-state index >= 15 is 0 Å². The van der Waals surface area contributed by atoms with E-state index in [0.29, 0.717) is 0 Å². The summed E-state index contributed by atoms with van der Waals surface area (Å²) < 4.78 is 5.38. The molecule has 0 unspecified atom stereocenters. The van der Waals surface area contributed by atoms with Crippen LogP contribution < -0.4 is 0 Å². The molecule has 86 valence electrons. The fourth-order valence-electron chi connectivity index (χ4n) is 1.60. The molecule has 4 nitrogen and oxygen atoms in total. The molecule has 0 aliphatic carbocycles. The number of hydrogen-bond donors (Lipinski definition) is 1. The zero-order valence-corrected chi connectivity index (χ0v) is 10.2. The Morgan fingerprint density at radius 1 is 1.31 bits per heavy atom. The molecule has 2 heterocycles. The number of hydrogen-bond acceptors (Lipinski definition) is 3. The van der Waals surface area contributed by atoms with Crippen LogP contribution in [-0.2, 0) is 11.2 Å². The van der Waals surface area contributed by atoms with Crippen LogP contribution >= 0.6 is 0 Å². The van der Waals surface area contributed by atoms with Crippen molar-refractivity contribution in [2.24, 2.45) is 0 Å². The van der Waals surface area contributed by atoms with Crippen molar-refractivity contribution in [3.8, 4) is 0 Å². The average molecular weight is 219 g/mol. The minimum atomic E-state index is -0.205. The third kappa shape index (κ3) is 2.22. The van der Waals surface area contributed by atoms with Gasteiger partial charge < -0.3 is 9.72 Å². The van der Waals surface area contributed by atoms with Gasteiger partial charge in [0.2, 0.25) is 0 Å². The molecule has 2 rings (SSSR count). The van der Waals surface area contributed by atoms with Gasteiger partial charge in [0.05, 0.1) is 11.1 Å². The molecule has 0 bridgehead atoms. The highest BCUT2D eigenvalue weighted by molar-refractivity contribution is 5.70. The summed E-state index contributed by atoms with van der Waals surface area (Å²) in [6.45, 7) is 6.05. The molecule has 0 aromatic carbocycles. The quantitative estimate of drug-likeness (QED) is 0.861. The number of methoxy groups -OCH3 is 1. The minimum absolute atomic E-state index is 0.205. The van der Waals surface area contributed by atoms with Gasteiger partial charge in [-0.3, -0.25) is 0 Å². The summed E-state index contributed by atoms with van der Waals surface area (Å²) in [5, 5.41) is 0. The van der Waals surface area contributed by atoms with Gasteiger partial charge in [0, 0.05) is 19.2 Å². The van der Waals surface area contributed by atoms with E-state index in [1.54, 1.807) is 7.11 Å². The Bertz CT molecular complexity index is 502. The van der Waals surface area contributed by atoms with Crippen LogP contribution in [0.25, 0.3) is 11.2 Å². The van der Waals surface area contributed by atoms with Crippen LogP contribution in [0.4, 0.5) is 0 Å². The number of rotatable bonds is 3. The van der Waals surface area contributed by atoms with E-state index in [0.717, 1.165) is 29.1 Å². The van der Waals surface area contributed by atoms with Crippen molar-refractivity contribution in [2.75, 3.05) is 7.11 Å². The van der Waals surface area contributed by atoms with Crippen molar-refractivity contribution in [1.29, 1.82) is 0 Å². The summed E-state index contributed by atoms with van der Waals surface area (Å²) in [4.78, 5) is 12.1. The first kappa shape index (κ1) is 11.1. The first-order valence-corrected chi connectivity index (χ1v) is 5.37. The van der Waals surface area contributed by atoms with Crippen molar-refractivity contribution in [3.63, 3.8) is 0 Å². The van der Waals surface area contributed by atoms with Crippen molar-refractivity contribution < 1.29 is 4.74 Å². The fourth-order valence-corrected chi connectivity index (χ4v) is 1.60. The van der Waals surface area contributed by atoms with Crippen molar-refractivity contribution in [2.45, 2.75) is 32.8 Å². The Labute approximate surface area is 95.1 Å². The molecule has 0 aliphatic rings. The van der Waals surface area contributed by atoms with Crippen molar-refractivity contribution in [1.82, 2.24) is 15.0 Å². The van der Waals surface area contributed by atoms with Gasteiger partial charge in [-0.15, -0.1) is 0 Å². The van der Waals surface area contributed by atoms with E-state index in [4.69, 9.17) is 4.74 Å². The molecule has 16 heavy (non-hydrogen) atoms. The van der Waals surface area contributed by atoms with Crippen LogP contribution in [0, 0.1) is 6.92 Å². The summed E-state index contributed by atoms with van der Waals surface area (Å²) >= 11 is 0. The van der Waals surface area contributed by atoms with Gasteiger partial charge in [0.1, 0.15) is 5.82 Å². The highest BCUT2D eigenvalue weighted by Crippen LogP contribution is 2.16. The zero-order chi connectivity index (χ0) is 11.8. The first-order chi connectivity index (χ1) is 7.50. The Balaban J connectivity index is 2.33. The highest BCUT2D eigenvalue weighted by Gasteiger charge is 2.19. The van der Waals surface area contributed by atoms with Crippen molar-refractivity contribution in [3.05, 3.63) is 23.7 Å². The van der Waals surface area contributed by atoms with E-state index in [-0.39, 0.29) is 5.60 Å². The van der Waals surface area contributed by atoms with Crippen molar-refractivity contribution >= 4 is 11.2 Å². The van der Waals surface area contributed by atoms with Gasteiger partial charge >= 0.3 is 0 Å². The predicted octanol–water partition coefficient (Wildman–Crippen LogP) is 2.23. The molecule has 4 heteroatoms. The molecule has 2 aromatic heterocycles. The molecule has 0 radical (unpaired) electrons. The monoisotopic (exact) mass is 219 g/mol. The van der Waals surface area contributed by atoms with Crippen LogP contribution in [0.3, 0.4) is 0 Å². The number of ether oxygens (including phenoxy) is 1. The van der Waals surface area contributed by atoms with E-state index in [9.17, 15) is 0 Å². The maximum absolute atomic E-state index is 5.38. The van der Waals surface area contributed by atoms with E-state index in [1.165, 1.54) is 0 Å². The average Bonchev–Trinajstić information content (AvgIpc) is 2.58. The zero-order valence-electron chi connectivity index (χ0n) is 10.2. The molecule has 0 saturated carbocycles.